The lowest BCUT2D eigenvalue weighted by atomic mass is 10.1. The number of carbonyl (C=O) groups is 1. The molecule has 0 fully saturated rings. The summed E-state index contributed by atoms with van der Waals surface area (Å²) < 4.78 is 11.3. The van der Waals surface area contributed by atoms with Gasteiger partial charge in [-0.2, -0.15) is 0 Å². The van der Waals surface area contributed by atoms with Crippen LogP contribution in [0, 0.1) is 0 Å². The molecule has 166 valence electrons. The predicted octanol–water partition coefficient (Wildman–Crippen LogP) is 7.72. The van der Waals surface area contributed by atoms with E-state index in [1.165, 1.54) is 11.6 Å². The van der Waals surface area contributed by atoms with E-state index < -0.39 is 0 Å². The molecule has 4 nitrogen and oxygen atoms in total. The first-order valence-corrected chi connectivity index (χ1v) is 12.1. The Morgan fingerprint density at radius 1 is 1.12 bits per heavy atom. The van der Waals surface area contributed by atoms with Crippen molar-refractivity contribution in [2.75, 3.05) is 19.0 Å². The van der Waals surface area contributed by atoms with Gasteiger partial charge in [0.1, 0.15) is 5.75 Å². The molecule has 0 bridgehead atoms. The van der Waals surface area contributed by atoms with Crippen molar-refractivity contribution >= 4 is 62.7 Å². The molecule has 0 saturated carbocycles. The van der Waals surface area contributed by atoms with Crippen molar-refractivity contribution in [1.82, 2.24) is 0 Å². The second kappa shape index (κ2) is 12.0. The van der Waals surface area contributed by atoms with Crippen LogP contribution in [0.15, 0.2) is 76.1 Å². The van der Waals surface area contributed by atoms with Gasteiger partial charge in [-0.05, 0) is 70.4 Å². The quantitative estimate of drug-likeness (QED) is 0.174. The summed E-state index contributed by atoms with van der Waals surface area (Å²) >= 11 is 11.4. The van der Waals surface area contributed by atoms with Gasteiger partial charge < -0.3 is 14.8 Å². The van der Waals surface area contributed by atoms with Crippen LogP contribution in [-0.4, -0.2) is 19.7 Å². The van der Waals surface area contributed by atoms with E-state index in [2.05, 4.69) is 33.4 Å². The van der Waals surface area contributed by atoms with Crippen molar-refractivity contribution in [1.29, 1.82) is 0 Å². The third kappa shape index (κ3) is 6.79. The highest BCUT2D eigenvalue weighted by atomic mass is 79.9. The molecule has 0 saturated heterocycles. The van der Waals surface area contributed by atoms with E-state index >= 15 is 0 Å². The molecule has 1 N–H and O–H groups in total. The first kappa shape index (κ1) is 24.2. The van der Waals surface area contributed by atoms with Gasteiger partial charge in [-0.25, -0.2) is 4.79 Å². The van der Waals surface area contributed by atoms with Crippen LogP contribution in [-0.2, 0) is 15.3 Å². The van der Waals surface area contributed by atoms with Crippen molar-refractivity contribution in [2.45, 2.75) is 17.6 Å². The average Bonchev–Trinajstić information content (AvgIpc) is 2.80. The third-order valence-electron chi connectivity index (χ3n) is 4.47. The summed E-state index contributed by atoms with van der Waals surface area (Å²) in [5.41, 5.74) is 3.62. The maximum absolute atomic E-state index is 11.9. The number of esters is 1. The third-order valence-corrected chi connectivity index (χ3v) is 6.73. The maximum atomic E-state index is 11.9. The van der Waals surface area contributed by atoms with Crippen molar-refractivity contribution in [3.8, 4) is 5.75 Å². The first-order valence-electron chi connectivity index (χ1n) is 9.95. The minimum absolute atomic E-state index is 0.329. The zero-order valence-electron chi connectivity index (χ0n) is 17.7. The van der Waals surface area contributed by atoms with Crippen molar-refractivity contribution in [3.05, 3.63) is 87.4 Å². The van der Waals surface area contributed by atoms with E-state index in [9.17, 15) is 4.79 Å². The van der Waals surface area contributed by atoms with Gasteiger partial charge >= 0.3 is 5.97 Å². The number of ether oxygens (including phenoxy) is 2. The number of halogens is 2. The fraction of sp³-hybridized carbons (Fsp3) is 0.160. The van der Waals surface area contributed by atoms with Crippen LogP contribution in [0.5, 0.6) is 5.75 Å². The van der Waals surface area contributed by atoms with Gasteiger partial charge in [0.15, 0.2) is 0 Å². The van der Waals surface area contributed by atoms with Crippen molar-refractivity contribution in [3.63, 3.8) is 0 Å². The topological polar surface area (TPSA) is 47.6 Å². The Balaban J connectivity index is 1.90. The Labute approximate surface area is 206 Å². The van der Waals surface area contributed by atoms with E-state index in [1.807, 2.05) is 42.5 Å². The monoisotopic (exact) mass is 531 g/mol. The maximum Gasteiger partial charge on any atom is 0.330 e. The van der Waals surface area contributed by atoms with Crippen LogP contribution in [0.25, 0.3) is 6.08 Å². The standard InChI is InChI=1S/C25H23BrClNO3S/c1-3-31-25(29)12-9-18-13-19(32-16-17-7-5-4-6-8-17)10-11-22(18)28-23-15-21(27)20(26)14-24(23)30-2/h4-15,28H,3,16H2,1-2H3/b12-9+. The molecule has 32 heavy (non-hydrogen) atoms. The molecule has 0 aliphatic heterocycles. The normalized spacial score (nSPS) is 10.9. The summed E-state index contributed by atoms with van der Waals surface area (Å²) in [5, 5.41) is 3.94. The Kier molecular flexibility index (Phi) is 9.09. The molecule has 3 aromatic rings. The van der Waals surface area contributed by atoms with Gasteiger partial charge in [-0.15, -0.1) is 11.8 Å². The average molecular weight is 533 g/mol. The van der Waals surface area contributed by atoms with Crippen LogP contribution < -0.4 is 10.1 Å². The number of carbonyl (C=O) groups excluding carboxylic acids is 1. The molecule has 0 atom stereocenters. The van der Waals surface area contributed by atoms with Crippen LogP contribution in [0.2, 0.25) is 5.02 Å². The molecular formula is C25H23BrClNO3S. The summed E-state index contributed by atoms with van der Waals surface area (Å²) in [6, 6.07) is 20.0. The molecule has 0 spiro atoms. The lowest BCUT2D eigenvalue weighted by Gasteiger charge is -2.15. The van der Waals surface area contributed by atoms with E-state index in [-0.39, 0.29) is 5.97 Å². The highest BCUT2D eigenvalue weighted by Gasteiger charge is 2.11. The van der Waals surface area contributed by atoms with Gasteiger partial charge in [0.05, 0.1) is 24.4 Å². The van der Waals surface area contributed by atoms with Gasteiger partial charge in [0, 0.05) is 26.9 Å². The number of methoxy groups -OCH3 is 1. The molecule has 7 heteroatoms. The van der Waals surface area contributed by atoms with Crippen LogP contribution >= 0.6 is 39.3 Å². The number of thioether (sulfide) groups is 1. The predicted molar refractivity (Wildman–Crippen MR) is 137 cm³/mol. The Bertz CT molecular complexity index is 1110. The fourth-order valence-electron chi connectivity index (χ4n) is 2.91. The van der Waals surface area contributed by atoms with E-state index in [4.69, 9.17) is 21.1 Å². The number of rotatable bonds is 9. The van der Waals surface area contributed by atoms with Crippen LogP contribution in [0.4, 0.5) is 11.4 Å². The highest BCUT2D eigenvalue weighted by Crippen LogP contribution is 2.37. The summed E-state index contributed by atoms with van der Waals surface area (Å²) in [6.45, 7) is 2.11. The molecule has 0 radical (unpaired) electrons. The fourth-order valence-corrected chi connectivity index (χ4v) is 4.30. The number of nitrogens with one attached hydrogen (secondary N) is 1. The van der Waals surface area contributed by atoms with E-state index in [0.29, 0.717) is 17.4 Å². The van der Waals surface area contributed by atoms with Crippen LogP contribution in [0.1, 0.15) is 18.1 Å². The number of anilines is 2. The molecule has 0 aliphatic carbocycles. The second-order valence-electron chi connectivity index (χ2n) is 6.70. The largest absolute Gasteiger partial charge is 0.495 e. The number of hydrogen-bond donors (Lipinski definition) is 1. The Morgan fingerprint density at radius 2 is 1.91 bits per heavy atom. The molecule has 0 aromatic heterocycles. The zero-order chi connectivity index (χ0) is 22.9. The second-order valence-corrected chi connectivity index (χ2v) is 9.01. The Morgan fingerprint density at radius 3 is 2.62 bits per heavy atom. The number of hydrogen-bond acceptors (Lipinski definition) is 5. The van der Waals surface area contributed by atoms with Gasteiger partial charge in [0.25, 0.3) is 0 Å². The van der Waals surface area contributed by atoms with E-state index in [1.54, 1.807) is 37.9 Å². The minimum atomic E-state index is -0.384. The zero-order valence-corrected chi connectivity index (χ0v) is 20.9. The van der Waals surface area contributed by atoms with E-state index in [0.717, 1.165) is 32.1 Å². The summed E-state index contributed by atoms with van der Waals surface area (Å²) in [7, 11) is 1.60. The van der Waals surface area contributed by atoms with Gasteiger partial charge in [0.2, 0.25) is 0 Å². The number of benzene rings is 3. The van der Waals surface area contributed by atoms with Crippen molar-refractivity contribution in [2.24, 2.45) is 0 Å². The lowest BCUT2D eigenvalue weighted by molar-refractivity contribution is -0.137. The molecule has 3 rings (SSSR count). The molecule has 0 unspecified atom stereocenters. The van der Waals surface area contributed by atoms with Crippen LogP contribution in [0.3, 0.4) is 0 Å². The smallest absolute Gasteiger partial charge is 0.330 e. The Hall–Kier alpha value is -2.41. The summed E-state index contributed by atoms with van der Waals surface area (Å²) in [4.78, 5) is 13.0. The SMILES string of the molecule is CCOC(=O)/C=C/c1cc(SCc2ccccc2)ccc1Nc1cc(Cl)c(Br)cc1OC. The highest BCUT2D eigenvalue weighted by molar-refractivity contribution is 9.10. The van der Waals surface area contributed by atoms with Gasteiger partial charge in [-0.3, -0.25) is 0 Å². The molecule has 0 heterocycles. The summed E-state index contributed by atoms with van der Waals surface area (Å²) in [6.07, 6.45) is 3.18. The first-order chi connectivity index (χ1) is 15.5. The van der Waals surface area contributed by atoms with Crippen molar-refractivity contribution < 1.29 is 14.3 Å². The van der Waals surface area contributed by atoms with Gasteiger partial charge in [-0.1, -0.05) is 41.9 Å². The minimum Gasteiger partial charge on any atom is -0.495 e. The summed E-state index contributed by atoms with van der Waals surface area (Å²) in [5.74, 6) is 1.11. The lowest BCUT2D eigenvalue weighted by Crippen LogP contribution is -2.00. The molecule has 0 amide bonds. The molecule has 3 aromatic carbocycles. The molecule has 0 aliphatic rings. The molecular weight excluding hydrogens is 510 g/mol.